The van der Waals surface area contributed by atoms with Gasteiger partial charge in [-0.1, -0.05) is 96.4 Å². The van der Waals surface area contributed by atoms with Gasteiger partial charge in [-0.25, -0.2) is 0 Å². The van der Waals surface area contributed by atoms with E-state index in [1.54, 1.807) is 0 Å². The highest BCUT2D eigenvalue weighted by atomic mass is 16.5. The van der Waals surface area contributed by atoms with Gasteiger partial charge in [-0.05, 0) is 50.9 Å². The van der Waals surface area contributed by atoms with Gasteiger partial charge in [-0.15, -0.1) is 0 Å². The molecule has 0 atom stereocenters. The van der Waals surface area contributed by atoms with Crippen LogP contribution in [0, 0.1) is 17.3 Å². The van der Waals surface area contributed by atoms with Crippen molar-refractivity contribution in [2.75, 3.05) is 6.61 Å². The summed E-state index contributed by atoms with van der Waals surface area (Å²) in [6.45, 7) is 23.2. The van der Waals surface area contributed by atoms with Crippen molar-refractivity contribution in [1.29, 1.82) is 0 Å². The molecule has 0 aromatic carbocycles. The molecule has 1 nitrogen and oxygen atoms in total. The molecular weight excluding hydrogens is 304 g/mol. The monoisotopic (exact) mass is 362 g/mol. The quantitative estimate of drug-likeness (QED) is 0.391. The van der Waals surface area contributed by atoms with Crippen LogP contribution < -0.4 is 0 Å². The lowest BCUT2D eigenvalue weighted by molar-refractivity contribution is -0.00720. The predicted molar refractivity (Wildman–Crippen MR) is 123 cm³/mol. The number of rotatable bonds is 8. The van der Waals surface area contributed by atoms with Crippen LogP contribution >= 0.6 is 0 Å². The summed E-state index contributed by atoms with van der Waals surface area (Å²) in [4.78, 5) is 0. The fourth-order valence-corrected chi connectivity index (χ4v) is 2.09. The first-order valence-corrected chi connectivity index (χ1v) is 9.47. The maximum absolute atomic E-state index is 5.62. The van der Waals surface area contributed by atoms with Crippen LogP contribution in [0.15, 0.2) is 0 Å². The van der Waals surface area contributed by atoms with E-state index in [0.717, 1.165) is 18.4 Å². The average Bonchev–Trinajstić information content (AvgIpc) is 2.28. The fourth-order valence-electron chi connectivity index (χ4n) is 2.09. The van der Waals surface area contributed by atoms with Crippen LogP contribution in [-0.4, -0.2) is 12.2 Å². The lowest BCUT2D eigenvalue weighted by Gasteiger charge is -2.22. The Labute approximate surface area is 164 Å². The summed E-state index contributed by atoms with van der Waals surface area (Å²) < 4.78 is 5.62. The number of unbranched alkanes of at least 4 members (excludes halogenated alkanes) is 1. The normalized spacial score (nSPS) is 11.0. The van der Waals surface area contributed by atoms with Gasteiger partial charge in [0.2, 0.25) is 0 Å². The van der Waals surface area contributed by atoms with Gasteiger partial charge in [0.1, 0.15) is 0 Å². The van der Waals surface area contributed by atoms with Crippen LogP contribution in [0.1, 0.15) is 130 Å². The minimum absolute atomic E-state index is 0. The third-order valence-corrected chi connectivity index (χ3v) is 3.42. The maximum atomic E-state index is 5.62. The highest BCUT2D eigenvalue weighted by Gasteiger charge is 2.12. The molecule has 0 aliphatic carbocycles. The molecule has 1 heteroatoms. The topological polar surface area (TPSA) is 9.23 Å². The molecule has 160 valence electrons. The summed E-state index contributed by atoms with van der Waals surface area (Å²) in [6, 6.07) is 0. The molecule has 25 heavy (non-hydrogen) atoms. The molecule has 0 amide bonds. The van der Waals surface area contributed by atoms with Gasteiger partial charge in [-0.2, -0.15) is 0 Å². The Hall–Kier alpha value is -0.0400. The minimum Gasteiger partial charge on any atom is -0.376 e. The van der Waals surface area contributed by atoms with Crippen molar-refractivity contribution in [3.8, 4) is 0 Å². The van der Waals surface area contributed by atoms with Crippen molar-refractivity contribution in [2.45, 2.75) is 136 Å². The third kappa shape index (κ3) is 45.4. The van der Waals surface area contributed by atoms with Crippen LogP contribution in [0.2, 0.25) is 0 Å². The highest BCUT2D eigenvalue weighted by molar-refractivity contribution is 4.63. The first kappa shape index (κ1) is 36.0. The molecule has 0 fully saturated rings. The molecule has 0 N–H and O–H groups in total. The van der Waals surface area contributed by atoms with Crippen LogP contribution in [0.4, 0.5) is 0 Å². The van der Waals surface area contributed by atoms with Crippen molar-refractivity contribution in [3.05, 3.63) is 0 Å². The first-order chi connectivity index (χ1) is 9.83. The number of hydrogen-bond acceptors (Lipinski definition) is 1. The zero-order valence-corrected chi connectivity index (χ0v) is 17.5. The third-order valence-electron chi connectivity index (χ3n) is 3.42. The largest absolute Gasteiger partial charge is 0.376 e. The van der Waals surface area contributed by atoms with Gasteiger partial charge >= 0.3 is 0 Å². The van der Waals surface area contributed by atoms with Crippen LogP contribution in [0.5, 0.6) is 0 Å². The first-order valence-electron chi connectivity index (χ1n) is 9.47. The second-order valence-electron chi connectivity index (χ2n) is 9.70. The molecule has 0 aromatic heterocycles. The molecule has 0 bridgehead atoms. The summed E-state index contributed by atoms with van der Waals surface area (Å²) in [6.07, 6.45) is 8.08. The predicted octanol–water partition coefficient (Wildman–Crippen LogP) is 9.39. The van der Waals surface area contributed by atoms with E-state index in [1.807, 2.05) is 0 Å². The standard InChI is InChI=1S/C11H24O.C10H22.3CH4/c1-10(2,3)8-7-9-12-11(4,5)6;1-9(2)7-5-6-8-10(3)4;;;/h7-9H2,1-6H3;9-10H,5-8H2,1-4H3;3*1H4. The SMILES string of the molecule is C.C.C.CC(C)(C)CCCOC(C)(C)C.CC(C)CCCCC(C)C. The Morgan fingerprint density at radius 3 is 1.24 bits per heavy atom. The zero-order chi connectivity index (χ0) is 17.8. The molecule has 0 rings (SSSR count). The van der Waals surface area contributed by atoms with Gasteiger partial charge in [0.25, 0.3) is 0 Å². The zero-order valence-electron chi connectivity index (χ0n) is 17.5. The van der Waals surface area contributed by atoms with Gasteiger partial charge in [0, 0.05) is 6.61 Å². The molecule has 0 aromatic rings. The van der Waals surface area contributed by atoms with Gasteiger partial charge < -0.3 is 4.74 Å². The van der Waals surface area contributed by atoms with Crippen molar-refractivity contribution in [2.24, 2.45) is 17.3 Å². The Kier molecular flexibility index (Phi) is 27.0. The molecule has 0 aliphatic heterocycles. The van der Waals surface area contributed by atoms with E-state index in [1.165, 1.54) is 38.5 Å². The molecule has 0 saturated heterocycles. The minimum atomic E-state index is 0. The van der Waals surface area contributed by atoms with Crippen molar-refractivity contribution in [1.82, 2.24) is 0 Å². The molecule has 0 spiro atoms. The number of hydrogen-bond donors (Lipinski definition) is 0. The van der Waals surface area contributed by atoms with Gasteiger partial charge in [0.05, 0.1) is 5.60 Å². The van der Waals surface area contributed by atoms with Gasteiger partial charge in [-0.3, -0.25) is 0 Å². The highest BCUT2D eigenvalue weighted by Crippen LogP contribution is 2.21. The van der Waals surface area contributed by atoms with Crippen molar-refractivity contribution in [3.63, 3.8) is 0 Å². The molecule has 0 radical (unpaired) electrons. The lowest BCUT2D eigenvalue weighted by Crippen LogP contribution is -2.20. The smallest absolute Gasteiger partial charge is 0.0598 e. The Bertz CT molecular complexity index is 201. The molecule has 0 saturated carbocycles. The van der Waals surface area contributed by atoms with Gasteiger partial charge in [0.15, 0.2) is 0 Å². The van der Waals surface area contributed by atoms with Crippen molar-refractivity contribution < 1.29 is 4.74 Å². The van der Waals surface area contributed by atoms with E-state index in [-0.39, 0.29) is 27.9 Å². The molecule has 0 heterocycles. The summed E-state index contributed by atoms with van der Waals surface area (Å²) in [5.41, 5.74) is 0.471. The Balaban J connectivity index is -0.0000000964. The van der Waals surface area contributed by atoms with E-state index in [0.29, 0.717) is 5.41 Å². The molecule has 0 unspecified atom stereocenters. The molecule has 0 aliphatic rings. The van der Waals surface area contributed by atoms with Crippen molar-refractivity contribution >= 4 is 0 Å². The Morgan fingerprint density at radius 1 is 0.640 bits per heavy atom. The second kappa shape index (κ2) is 18.7. The summed E-state index contributed by atoms with van der Waals surface area (Å²) in [5, 5.41) is 0. The second-order valence-corrected chi connectivity index (χ2v) is 9.70. The van der Waals surface area contributed by atoms with Crippen LogP contribution in [-0.2, 0) is 4.74 Å². The summed E-state index contributed by atoms with van der Waals surface area (Å²) in [5.74, 6) is 1.79. The van der Waals surface area contributed by atoms with E-state index in [2.05, 4.69) is 69.2 Å². The van der Waals surface area contributed by atoms with Crippen LogP contribution in [0.25, 0.3) is 0 Å². The average molecular weight is 363 g/mol. The lowest BCUT2D eigenvalue weighted by atomic mass is 9.91. The maximum Gasteiger partial charge on any atom is 0.0598 e. The van der Waals surface area contributed by atoms with E-state index >= 15 is 0 Å². The van der Waals surface area contributed by atoms with E-state index < -0.39 is 0 Å². The molecular formula is C24H58O. The fraction of sp³-hybridized carbons (Fsp3) is 1.00. The summed E-state index contributed by atoms with van der Waals surface area (Å²) >= 11 is 0. The van der Waals surface area contributed by atoms with Crippen LogP contribution in [0.3, 0.4) is 0 Å². The summed E-state index contributed by atoms with van der Waals surface area (Å²) in [7, 11) is 0. The van der Waals surface area contributed by atoms with E-state index in [9.17, 15) is 0 Å². The Morgan fingerprint density at radius 2 is 1.00 bits per heavy atom. The van der Waals surface area contributed by atoms with E-state index in [4.69, 9.17) is 4.74 Å². The number of ether oxygens (including phenoxy) is 1.